The minimum atomic E-state index is -1.11. The molecule has 0 saturated carbocycles. The lowest BCUT2D eigenvalue weighted by Gasteiger charge is -2.13. The molecule has 0 bridgehead atoms. The highest BCUT2D eigenvalue weighted by molar-refractivity contribution is 14.1. The zero-order valence-electron chi connectivity index (χ0n) is 17.1. The molecule has 0 radical (unpaired) electrons. The van der Waals surface area contributed by atoms with Crippen molar-refractivity contribution in [1.29, 1.82) is 5.26 Å². The molecule has 6 nitrogen and oxygen atoms in total. The molecule has 3 aromatic carbocycles. The average Bonchev–Trinajstić information content (AvgIpc) is 2.78. The van der Waals surface area contributed by atoms with Crippen LogP contribution in [0, 0.1) is 18.5 Å². The molecule has 3 aromatic rings. The number of nitriles is 1. The monoisotopic (exact) mass is 718 g/mol. The Morgan fingerprint density at radius 3 is 2.41 bits per heavy atom. The molecular weight excluding hydrogens is 705 g/mol. The van der Waals surface area contributed by atoms with Gasteiger partial charge < -0.3 is 15.2 Å². The third-order valence-corrected chi connectivity index (χ3v) is 6.64. The van der Waals surface area contributed by atoms with Crippen molar-refractivity contribution < 1.29 is 19.4 Å². The fraction of sp³-hybridized carbons (Fsp3) is 0.0417. The average molecular weight is 719 g/mol. The number of carbonyl (C=O) groups excluding carboxylic acids is 1. The Kier molecular flexibility index (Phi) is 9.18. The number of nitrogens with one attached hydrogen (secondary N) is 1. The van der Waals surface area contributed by atoms with Crippen LogP contribution in [-0.2, 0) is 11.4 Å². The second-order valence-electron chi connectivity index (χ2n) is 6.85. The van der Waals surface area contributed by atoms with E-state index in [1.807, 2.05) is 6.07 Å². The van der Waals surface area contributed by atoms with Crippen molar-refractivity contribution in [2.24, 2.45) is 0 Å². The molecule has 0 aromatic heterocycles. The molecule has 0 aliphatic rings. The van der Waals surface area contributed by atoms with Crippen LogP contribution in [-0.4, -0.2) is 17.0 Å². The van der Waals surface area contributed by atoms with Gasteiger partial charge in [0.2, 0.25) is 0 Å². The first-order chi connectivity index (χ1) is 16.2. The van der Waals surface area contributed by atoms with Crippen LogP contribution < -0.4 is 10.1 Å². The van der Waals surface area contributed by atoms with Crippen LogP contribution in [0.3, 0.4) is 0 Å². The highest BCUT2D eigenvalue weighted by Crippen LogP contribution is 2.31. The Bertz CT molecular complexity index is 1330. The summed E-state index contributed by atoms with van der Waals surface area (Å²) in [6.07, 6.45) is 1.46. The Morgan fingerprint density at radius 2 is 1.79 bits per heavy atom. The van der Waals surface area contributed by atoms with Crippen molar-refractivity contribution in [3.05, 3.63) is 94.0 Å². The largest absolute Gasteiger partial charge is 0.487 e. The molecule has 10 heteroatoms. The minimum Gasteiger partial charge on any atom is -0.487 e. The highest BCUT2D eigenvalue weighted by atomic mass is 127. The van der Waals surface area contributed by atoms with Gasteiger partial charge in [0.15, 0.2) is 0 Å². The summed E-state index contributed by atoms with van der Waals surface area (Å²) in [5, 5.41) is 22.2. The second-order valence-corrected chi connectivity index (χ2v) is 10.0. The smallest absolute Gasteiger partial charge is 0.335 e. The lowest BCUT2D eigenvalue weighted by molar-refractivity contribution is -0.112. The molecule has 0 fully saturated rings. The van der Waals surface area contributed by atoms with Gasteiger partial charge in [-0.1, -0.05) is 35.3 Å². The number of benzene rings is 3. The van der Waals surface area contributed by atoms with Crippen molar-refractivity contribution in [2.45, 2.75) is 6.61 Å². The molecule has 0 unspecified atom stereocenters. The highest BCUT2D eigenvalue weighted by Gasteiger charge is 2.14. The van der Waals surface area contributed by atoms with E-state index in [1.165, 1.54) is 24.3 Å². The third-order valence-electron chi connectivity index (χ3n) is 4.45. The SMILES string of the molecule is N#C/C(=C/c1cc(I)c(OCc2ccc(Cl)cc2Cl)c(I)c1)C(=O)Nc1cccc(C(=O)O)c1. The zero-order valence-corrected chi connectivity index (χ0v) is 22.9. The van der Waals surface area contributed by atoms with E-state index in [1.54, 1.807) is 36.4 Å². The number of halogens is 4. The number of ether oxygens (including phenoxy) is 1. The van der Waals surface area contributed by atoms with Gasteiger partial charge in [-0.3, -0.25) is 4.79 Å². The fourth-order valence-electron chi connectivity index (χ4n) is 2.83. The van der Waals surface area contributed by atoms with Gasteiger partial charge >= 0.3 is 5.97 Å². The molecule has 3 rings (SSSR count). The number of carboxylic acids is 1. The minimum absolute atomic E-state index is 0.0277. The Labute approximate surface area is 232 Å². The first kappa shape index (κ1) is 26.3. The zero-order chi connectivity index (χ0) is 24.8. The van der Waals surface area contributed by atoms with Gasteiger partial charge in [-0.05, 0) is 99.3 Å². The normalized spacial score (nSPS) is 11.0. The molecule has 2 N–H and O–H groups in total. The predicted molar refractivity (Wildman–Crippen MR) is 148 cm³/mol. The maximum atomic E-state index is 12.6. The number of amides is 1. The van der Waals surface area contributed by atoms with Crippen LogP contribution in [0.15, 0.2) is 60.2 Å². The van der Waals surface area contributed by atoms with E-state index in [2.05, 4.69) is 50.5 Å². The number of anilines is 1. The van der Waals surface area contributed by atoms with Crippen LogP contribution in [0.4, 0.5) is 5.69 Å². The maximum absolute atomic E-state index is 12.6. The first-order valence-corrected chi connectivity index (χ1v) is 12.4. The molecule has 0 spiro atoms. The standard InChI is InChI=1S/C24H14Cl2I2N2O4/c25-17-5-4-15(19(26)10-17)12-34-22-20(27)7-13(8-21(22)28)6-16(11-29)23(31)30-18-3-1-2-14(9-18)24(32)33/h1-10H,12H2,(H,30,31)(H,32,33)/b16-6-. The molecule has 34 heavy (non-hydrogen) atoms. The molecule has 0 saturated heterocycles. The van der Waals surface area contributed by atoms with Crippen LogP contribution >= 0.6 is 68.4 Å². The molecule has 1 amide bonds. The first-order valence-electron chi connectivity index (χ1n) is 9.50. The predicted octanol–water partition coefficient (Wildman–Crippen LogP) is 7.03. The van der Waals surface area contributed by atoms with Crippen LogP contribution in [0.2, 0.25) is 10.0 Å². The number of rotatable bonds is 7. The van der Waals surface area contributed by atoms with E-state index >= 15 is 0 Å². The van der Waals surface area contributed by atoms with E-state index in [4.69, 9.17) is 33.0 Å². The number of nitrogens with zero attached hydrogens (tertiary/aromatic N) is 1. The maximum Gasteiger partial charge on any atom is 0.335 e. The molecule has 172 valence electrons. The van der Waals surface area contributed by atoms with Crippen LogP contribution in [0.25, 0.3) is 6.08 Å². The molecular formula is C24H14Cl2I2N2O4. The summed E-state index contributed by atoms with van der Waals surface area (Å²) in [7, 11) is 0. The lowest BCUT2D eigenvalue weighted by Crippen LogP contribution is -2.14. The van der Waals surface area contributed by atoms with Gasteiger partial charge in [0.1, 0.15) is 24.0 Å². The molecule has 0 aliphatic carbocycles. The second kappa shape index (κ2) is 11.9. The van der Waals surface area contributed by atoms with Crippen LogP contribution in [0.1, 0.15) is 21.5 Å². The van der Waals surface area contributed by atoms with Crippen molar-refractivity contribution >= 4 is 92.0 Å². The summed E-state index contributed by atoms with van der Waals surface area (Å²) >= 11 is 16.4. The number of aromatic carboxylic acids is 1. The lowest BCUT2D eigenvalue weighted by atomic mass is 10.1. The third kappa shape index (κ3) is 6.85. The summed E-state index contributed by atoms with van der Waals surface area (Å²) in [5.74, 6) is -1.11. The Balaban J connectivity index is 1.78. The van der Waals surface area contributed by atoms with Gasteiger partial charge in [-0.15, -0.1) is 0 Å². The summed E-state index contributed by atoms with van der Waals surface area (Å²) in [6.45, 7) is 0.248. The molecule has 0 atom stereocenters. The van der Waals surface area contributed by atoms with Gasteiger partial charge in [-0.25, -0.2) is 4.79 Å². The van der Waals surface area contributed by atoms with E-state index in [0.29, 0.717) is 21.4 Å². The summed E-state index contributed by atoms with van der Waals surface area (Å²) in [6, 6.07) is 16.4. The van der Waals surface area contributed by atoms with E-state index in [-0.39, 0.29) is 23.4 Å². The Morgan fingerprint density at radius 1 is 1.09 bits per heavy atom. The van der Waals surface area contributed by atoms with Crippen molar-refractivity contribution in [3.63, 3.8) is 0 Å². The number of hydrogen-bond acceptors (Lipinski definition) is 4. The van der Waals surface area contributed by atoms with Crippen LogP contribution in [0.5, 0.6) is 5.75 Å². The number of hydrogen-bond donors (Lipinski definition) is 2. The topological polar surface area (TPSA) is 99.4 Å². The number of carboxylic acid groups (broad SMARTS) is 1. The van der Waals surface area contributed by atoms with Gasteiger partial charge in [0.05, 0.1) is 12.7 Å². The van der Waals surface area contributed by atoms with Crippen molar-refractivity contribution in [3.8, 4) is 11.8 Å². The van der Waals surface area contributed by atoms with Gasteiger partial charge in [0, 0.05) is 21.3 Å². The summed E-state index contributed by atoms with van der Waals surface area (Å²) in [4.78, 5) is 23.7. The van der Waals surface area contributed by atoms with E-state index in [0.717, 1.165) is 12.7 Å². The van der Waals surface area contributed by atoms with Crippen molar-refractivity contribution in [2.75, 3.05) is 5.32 Å². The molecule has 0 aliphatic heterocycles. The Hall–Kier alpha value is -2.33. The van der Waals surface area contributed by atoms with E-state index in [9.17, 15) is 14.9 Å². The fourth-order valence-corrected chi connectivity index (χ4v) is 5.42. The van der Waals surface area contributed by atoms with Gasteiger partial charge in [0.25, 0.3) is 5.91 Å². The summed E-state index contributed by atoms with van der Waals surface area (Å²) < 4.78 is 7.53. The van der Waals surface area contributed by atoms with E-state index < -0.39 is 11.9 Å². The van der Waals surface area contributed by atoms with Gasteiger partial charge in [-0.2, -0.15) is 5.26 Å². The quantitative estimate of drug-likeness (QED) is 0.155. The molecule has 0 heterocycles. The number of carbonyl (C=O) groups is 2. The summed E-state index contributed by atoms with van der Waals surface area (Å²) in [5.41, 5.74) is 1.60. The van der Waals surface area contributed by atoms with Crippen molar-refractivity contribution in [1.82, 2.24) is 0 Å².